The molecule has 2 rings (SSSR count). The zero-order valence-corrected chi connectivity index (χ0v) is 11.0. The molecule has 0 aliphatic carbocycles. The Bertz CT molecular complexity index is 491. The molecule has 2 amide bonds. The average molecular weight is 280 g/mol. The molecule has 0 bridgehead atoms. The van der Waals surface area contributed by atoms with Crippen LogP contribution >= 0.6 is 0 Å². The molecule has 0 radical (unpaired) electrons. The molecule has 1 saturated heterocycles. The maximum Gasteiger partial charge on any atom is 0.315 e. The van der Waals surface area contributed by atoms with Crippen LogP contribution in [0.25, 0.3) is 0 Å². The number of aromatic nitrogens is 2. The second-order valence-electron chi connectivity index (χ2n) is 4.56. The molecule has 0 saturated carbocycles. The molecule has 0 spiro atoms. The number of hydrogen-bond acceptors (Lipinski definition) is 5. The van der Waals surface area contributed by atoms with E-state index in [2.05, 4.69) is 20.6 Å². The van der Waals surface area contributed by atoms with Crippen molar-refractivity contribution in [2.75, 3.05) is 13.2 Å². The number of aryl methyl sites for hydroxylation is 1. The zero-order chi connectivity index (χ0) is 14.5. The molecule has 2 heterocycles. The molecule has 2 atom stereocenters. The lowest BCUT2D eigenvalue weighted by atomic mass is 10.0. The van der Waals surface area contributed by atoms with Crippen molar-refractivity contribution in [1.29, 1.82) is 0 Å². The predicted octanol–water partition coefficient (Wildman–Crippen LogP) is -0.316. The molecular weight excluding hydrogens is 264 g/mol. The van der Waals surface area contributed by atoms with Crippen LogP contribution in [-0.2, 0) is 16.1 Å². The van der Waals surface area contributed by atoms with Gasteiger partial charge in [0.05, 0.1) is 43.4 Å². The van der Waals surface area contributed by atoms with Gasteiger partial charge in [-0.25, -0.2) is 4.79 Å². The third kappa shape index (κ3) is 3.64. The van der Waals surface area contributed by atoms with Crippen LogP contribution in [0.4, 0.5) is 4.79 Å². The molecule has 1 aliphatic heterocycles. The minimum absolute atomic E-state index is 0.115. The summed E-state index contributed by atoms with van der Waals surface area (Å²) in [5.41, 5.74) is 1.42. The third-order valence-electron chi connectivity index (χ3n) is 2.98. The number of nitrogens with one attached hydrogen (secondary N) is 2. The summed E-state index contributed by atoms with van der Waals surface area (Å²) in [4.78, 5) is 30.8. The van der Waals surface area contributed by atoms with Crippen LogP contribution in [0.15, 0.2) is 12.4 Å². The zero-order valence-electron chi connectivity index (χ0n) is 11.0. The third-order valence-corrected chi connectivity index (χ3v) is 2.98. The lowest BCUT2D eigenvalue weighted by Gasteiger charge is -2.16. The molecule has 1 fully saturated rings. The van der Waals surface area contributed by atoms with Gasteiger partial charge in [0.2, 0.25) is 0 Å². The van der Waals surface area contributed by atoms with Gasteiger partial charge < -0.3 is 20.5 Å². The molecule has 3 N–H and O–H groups in total. The van der Waals surface area contributed by atoms with E-state index in [-0.39, 0.29) is 19.8 Å². The first-order valence-electron chi connectivity index (χ1n) is 6.18. The molecule has 8 heteroatoms. The number of carbonyl (C=O) groups excluding carboxylic acids is 1. The lowest BCUT2D eigenvalue weighted by Crippen LogP contribution is -2.47. The summed E-state index contributed by atoms with van der Waals surface area (Å²) in [6.45, 7) is 2.37. The molecule has 1 aliphatic rings. The number of aliphatic carboxylic acids is 1. The first-order valence-corrected chi connectivity index (χ1v) is 6.18. The van der Waals surface area contributed by atoms with Crippen LogP contribution in [0.3, 0.4) is 0 Å². The first kappa shape index (κ1) is 14.2. The highest BCUT2D eigenvalue weighted by molar-refractivity contribution is 5.77. The minimum Gasteiger partial charge on any atom is -0.481 e. The van der Waals surface area contributed by atoms with Gasteiger partial charge in [0.1, 0.15) is 5.92 Å². The quantitative estimate of drug-likeness (QED) is 0.697. The number of carboxylic acid groups (broad SMARTS) is 1. The Kier molecular flexibility index (Phi) is 4.46. The van der Waals surface area contributed by atoms with E-state index in [0.29, 0.717) is 5.69 Å². The number of hydrogen-bond donors (Lipinski definition) is 3. The summed E-state index contributed by atoms with van der Waals surface area (Å²) in [7, 11) is 0. The molecule has 108 valence electrons. The standard InChI is InChI=1S/C12H16N4O4/c1-7-2-14-8(3-13-7)4-15-12(19)16-10-6-20-5-9(10)11(17)18/h2-3,9-10H,4-6H2,1H3,(H,17,18)(H2,15,16,19). The van der Waals surface area contributed by atoms with Crippen molar-refractivity contribution in [2.24, 2.45) is 5.92 Å². The number of carboxylic acids is 1. The fraction of sp³-hybridized carbons (Fsp3) is 0.500. The molecular formula is C12H16N4O4. The van der Waals surface area contributed by atoms with Crippen LogP contribution < -0.4 is 10.6 Å². The Morgan fingerprint density at radius 1 is 1.40 bits per heavy atom. The van der Waals surface area contributed by atoms with Gasteiger partial charge in [-0.3, -0.25) is 14.8 Å². The molecule has 0 aromatic carbocycles. The van der Waals surface area contributed by atoms with E-state index in [1.54, 1.807) is 12.4 Å². The first-order chi connectivity index (χ1) is 9.56. The van der Waals surface area contributed by atoms with Crippen molar-refractivity contribution in [3.05, 3.63) is 23.8 Å². The highest BCUT2D eigenvalue weighted by atomic mass is 16.5. The van der Waals surface area contributed by atoms with Crippen LogP contribution in [0, 0.1) is 12.8 Å². The van der Waals surface area contributed by atoms with Crippen molar-refractivity contribution in [3.63, 3.8) is 0 Å². The summed E-state index contributed by atoms with van der Waals surface area (Å²) < 4.78 is 5.06. The summed E-state index contributed by atoms with van der Waals surface area (Å²) in [5.74, 6) is -1.68. The number of carbonyl (C=O) groups is 2. The molecule has 2 unspecified atom stereocenters. The number of rotatable bonds is 4. The normalized spacial score (nSPS) is 21.4. The summed E-state index contributed by atoms with van der Waals surface area (Å²) >= 11 is 0. The van der Waals surface area contributed by atoms with Gasteiger partial charge in [0.25, 0.3) is 0 Å². The highest BCUT2D eigenvalue weighted by Gasteiger charge is 2.34. The van der Waals surface area contributed by atoms with E-state index in [0.717, 1.165) is 5.69 Å². The number of amides is 2. The molecule has 1 aromatic heterocycles. The number of urea groups is 1. The Hall–Kier alpha value is -2.22. The predicted molar refractivity (Wildman–Crippen MR) is 67.9 cm³/mol. The van der Waals surface area contributed by atoms with Crippen molar-refractivity contribution >= 4 is 12.0 Å². The van der Waals surface area contributed by atoms with Crippen LogP contribution in [0.1, 0.15) is 11.4 Å². The average Bonchev–Trinajstić information content (AvgIpc) is 2.86. The van der Waals surface area contributed by atoms with Crippen molar-refractivity contribution in [3.8, 4) is 0 Å². The fourth-order valence-electron chi connectivity index (χ4n) is 1.84. The summed E-state index contributed by atoms with van der Waals surface area (Å²) in [5, 5.41) is 14.2. The van der Waals surface area contributed by atoms with Crippen molar-refractivity contribution in [1.82, 2.24) is 20.6 Å². The van der Waals surface area contributed by atoms with E-state index < -0.39 is 24.0 Å². The van der Waals surface area contributed by atoms with E-state index in [1.807, 2.05) is 6.92 Å². The Morgan fingerprint density at radius 3 is 2.85 bits per heavy atom. The monoisotopic (exact) mass is 280 g/mol. The van der Waals surface area contributed by atoms with Gasteiger partial charge in [0, 0.05) is 6.20 Å². The molecule has 20 heavy (non-hydrogen) atoms. The van der Waals surface area contributed by atoms with Crippen LogP contribution in [0.5, 0.6) is 0 Å². The molecule has 1 aromatic rings. The maximum absolute atomic E-state index is 11.7. The fourth-order valence-corrected chi connectivity index (χ4v) is 1.84. The van der Waals surface area contributed by atoms with Gasteiger partial charge in [0.15, 0.2) is 0 Å². The van der Waals surface area contributed by atoms with E-state index >= 15 is 0 Å². The minimum atomic E-state index is -0.975. The Morgan fingerprint density at radius 2 is 2.20 bits per heavy atom. The van der Waals surface area contributed by atoms with Crippen molar-refractivity contribution < 1.29 is 19.4 Å². The second-order valence-corrected chi connectivity index (χ2v) is 4.56. The molecule has 8 nitrogen and oxygen atoms in total. The van der Waals surface area contributed by atoms with Crippen molar-refractivity contribution in [2.45, 2.75) is 19.5 Å². The van der Waals surface area contributed by atoms with Gasteiger partial charge in [-0.05, 0) is 6.92 Å². The number of ether oxygens (including phenoxy) is 1. The summed E-state index contributed by atoms with van der Waals surface area (Å²) in [6, 6.07) is -0.967. The van der Waals surface area contributed by atoms with E-state index in [1.165, 1.54) is 0 Å². The van der Waals surface area contributed by atoms with Gasteiger partial charge >= 0.3 is 12.0 Å². The topological polar surface area (TPSA) is 113 Å². The van der Waals surface area contributed by atoms with E-state index in [9.17, 15) is 9.59 Å². The van der Waals surface area contributed by atoms with Crippen LogP contribution in [0.2, 0.25) is 0 Å². The Labute approximate surface area is 115 Å². The maximum atomic E-state index is 11.7. The van der Waals surface area contributed by atoms with Crippen LogP contribution in [-0.4, -0.2) is 46.3 Å². The summed E-state index contributed by atoms with van der Waals surface area (Å²) in [6.07, 6.45) is 3.19. The SMILES string of the molecule is Cc1cnc(CNC(=O)NC2COCC2C(=O)O)cn1. The van der Waals surface area contributed by atoms with Gasteiger partial charge in [-0.15, -0.1) is 0 Å². The lowest BCUT2D eigenvalue weighted by molar-refractivity contribution is -0.142. The smallest absolute Gasteiger partial charge is 0.315 e. The number of nitrogens with zero attached hydrogens (tertiary/aromatic N) is 2. The Balaban J connectivity index is 1.80. The highest BCUT2D eigenvalue weighted by Crippen LogP contribution is 2.13. The largest absolute Gasteiger partial charge is 0.481 e. The van der Waals surface area contributed by atoms with Gasteiger partial charge in [-0.1, -0.05) is 0 Å². The van der Waals surface area contributed by atoms with E-state index in [4.69, 9.17) is 9.84 Å². The van der Waals surface area contributed by atoms with Gasteiger partial charge in [-0.2, -0.15) is 0 Å². The second kappa shape index (κ2) is 6.29.